The highest BCUT2D eigenvalue weighted by Gasteiger charge is 2.24. The normalized spacial score (nSPS) is 25.1. The molecule has 0 radical (unpaired) electrons. The van der Waals surface area contributed by atoms with E-state index in [0.29, 0.717) is 6.10 Å². The predicted molar refractivity (Wildman–Crippen MR) is 85.3 cm³/mol. The lowest BCUT2D eigenvalue weighted by atomic mass is 10.2. The molecule has 6 heteroatoms. The topological polar surface area (TPSA) is 24.9 Å². The first-order valence-electron chi connectivity index (χ1n) is 7.14. The van der Waals surface area contributed by atoms with Crippen LogP contribution in [-0.4, -0.2) is 69.8 Å². The molecule has 0 bridgehead atoms. The molecule has 3 rings (SSSR count). The zero-order valence-electron chi connectivity index (χ0n) is 11.9. The molecule has 1 unspecified atom stereocenters. The van der Waals surface area contributed by atoms with Crippen LogP contribution < -0.4 is 4.90 Å². The lowest BCUT2D eigenvalue weighted by Crippen LogP contribution is -2.49. The van der Waals surface area contributed by atoms with Crippen LogP contribution in [0.25, 0.3) is 0 Å². The summed E-state index contributed by atoms with van der Waals surface area (Å²) in [5.41, 5.74) is 1.36. The molecule has 0 amide bonds. The fourth-order valence-corrected chi connectivity index (χ4v) is 4.13. The monoisotopic (exact) mass is 314 g/mol. The third-order valence-corrected chi connectivity index (χ3v) is 5.85. The summed E-state index contributed by atoms with van der Waals surface area (Å²) in [6, 6.07) is 2.30. The van der Waals surface area contributed by atoms with Crippen LogP contribution in [0.15, 0.2) is 15.7 Å². The van der Waals surface area contributed by atoms with Crippen molar-refractivity contribution in [3.05, 3.63) is 11.4 Å². The third kappa shape index (κ3) is 3.68. The van der Waals surface area contributed by atoms with E-state index in [9.17, 15) is 0 Å². The van der Waals surface area contributed by atoms with Crippen LogP contribution in [0.4, 0.5) is 5.69 Å². The van der Waals surface area contributed by atoms with Crippen LogP contribution in [0.2, 0.25) is 0 Å². The van der Waals surface area contributed by atoms with E-state index in [-0.39, 0.29) is 0 Å². The van der Waals surface area contributed by atoms with Crippen molar-refractivity contribution in [2.24, 2.45) is 0 Å². The molecule has 2 aliphatic heterocycles. The molecular weight excluding hydrogens is 292 g/mol. The van der Waals surface area contributed by atoms with Gasteiger partial charge in [-0.1, -0.05) is 0 Å². The number of thiophene rings is 1. The highest BCUT2D eigenvalue weighted by atomic mass is 32.2. The zero-order chi connectivity index (χ0) is 13.8. The number of ether oxygens (including phenoxy) is 2. The number of rotatable bonds is 4. The molecule has 0 N–H and O–H groups in total. The van der Waals surface area contributed by atoms with E-state index in [0.717, 1.165) is 52.5 Å². The molecule has 3 heterocycles. The maximum Gasteiger partial charge on any atom is 0.0877 e. The summed E-state index contributed by atoms with van der Waals surface area (Å²) in [5.74, 6) is 0. The number of anilines is 1. The Kier molecular flexibility index (Phi) is 5.23. The minimum absolute atomic E-state index is 0.319. The smallest absolute Gasteiger partial charge is 0.0877 e. The Morgan fingerprint density at radius 1 is 1.30 bits per heavy atom. The van der Waals surface area contributed by atoms with Gasteiger partial charge in [0.15, 0.2) is 0 Å². The largest absolute Gasteiger partial charge is 0.379 e. The van der Waals surface area contributed by atoms with Gasteiger partial charge in [0.05, 0.1) is 30.1 Å². The predicted octanol–water partition coefficient (Wildman–Crippen LogP) is 2.01. The van der Waals surface area contributed by atoms with Crippen molar-refractivity contribution in [3.63, 3.8) is 0 Å². The zero-order valence-corrected chi connectivity index (χ0v) is 13.5. The molecule has 112 valence electrons. The summed E-state index contributed by atoms with van der Waals surface area (Å²) < 4.78 is 12.7. The minimum atomic E-state index is 0.319. The van der Waals surface area contributed by atoms with Crippen molar-refractivity contribution in [1.29, 1.82) is 0 Å². The van der Waals surface area contributed by atoms with E-state index >= 15 is 0 Å². The first-order chi connectivity index (χ1) is 9.85. The van der Waals surface area contributed by atoms with Gasteiger partial charge in [0.25, 0.3) is 0 Å². The average Bonchev–Trinajstić information content (AvgIpc) is 2.98. The van der Waals surface area contributed by atoms with E-state index in [1.165, 1.54) is 9.90 Å². The summed E-state index contributed by atoms with van der Waals surface area (Å²) in [5, 5.41) is 2.27. The van der Waals surface area contributed by atoms with Crippen molar-refractivity contribution in [2.45, 2.75) is 10.3 Å². The highest BCUT2D eigenvalue weighted by Crippen LogP contribution is 2.30. The lowest BCUT2D eigenvalue weighted by molar-refractivity contribution is -0.0171. The molecule has 2 fully saturated rings. The second kappa shape index (κ2) is 7.13. The van der Waals surface area contributed by atoms with Gasteiger partial charge in [-0.2, -0.15) is 0 Å². The first kappa shape index (κ1) is 14.7. The summed E-state index contributed by atoms with van der Waals surface area (Å²) in [7, 11) is 0. The molecule has 1 atom stereocenters. The van der Waals surface area contributed by atoms with Gasteiger partial charge in [-0.25, -0.2) is 0 Å². The minimum Gasteiger partial charge on any atom is -0.379 e. The number of nitrogens with zero attached hydrogens (tertiary/aromatic N) is 2. The third-order valence-electron chi connectivity index (χ3n) is 3.83. The van der Waals surface area contributed by atoms with Crippen molar-refractivity contribution < 1.29 is 9.47 Å². The number of hydrogen-bond donors (Lipinski definition) is 0. The highest BCUT2D eigenvalue weighted by molar-refractivity contribution is 8.00. The average molecular weight is 314 g/mol. The second-order valence-corrected chi connectivity index (χ2v) is 7.20. The van der Waals surface area contributed by atoms with E-state index in [2.05, 4.69) is 27.5 Å². The first-order valence-corrected chi connectivity index (χ1v) is 9.25. The van der Waals surface area contributed by atoms with Gasteiger partial charge in [0, 0.05) is 43.8 Å². The van der Waals surface area contributed by atoms with Gasteiger partial charge in [0.2, 0.25) is 0 Å². The summed E-state index contributed by atoms with van der Waals surface area (Å²) >= 11 is 3.66. The van der Waals surface area contributed by atoms with Gasteiger partial charge in [-0.3, -0.25) is 4.90 Å². The lowest BCUT2D eigenvalue weighted by Gasteiger charge is -2.37. The molecule has 0 aliphatic carbocycles. The molecule has 2 saturated heterocycles. The molecule has 0 aromatic carbocycles. The van der Waals surface area contributed by atoms with Crippen LogP contribution >= 0.6 is 23.1 Å². The van der Waals surface area contributed by atoms with E-state index in [1.54, 1.807) is 0 Å². The Morgan fingerprint density at radius 2 is 2.15 bits per heavy atom. The molecule has 1 aromatic rings. The SMILES string of the molecule is CSc1cc(N2CCOC(CN3CCOCC3)C2)cs1. The Labute approximate surface area is 129 Å². The maximum atomic E-state index is 5.94. The summed E-state index contributed by atoms with van der Waals surface area (Å²) in [6.45, 7) is 7.66. The number of hydrogen-bond acceptors (Lipinski definition) is 6. The van der Waals surface area contributed by atoms with Crippen molar-refractivity contribution >= 4 is 28.8 Å². The number of morpholine rings is 2. The molecule has 4 nitrogen and oxygen atoms in total. The van der Waals surface area contributed by atoms with Gasteiger partial charge in [-0.15, -0.1) is 23.1 Å². The fraction of sp³-hybridized carbons (Fsp3) is 0.714. The standard InChI is InChI=1S/C14H22N2O2S2/c1-19-14-8-12(11-20-14)16-4-7-18-13(10-16)9-15-2-5-17-6-3-15/h8,11,13H,2-7,9-10H2,1H3. The maximum absolute atomic E-state index is 5.94. The summed E-state index contributed by atoms with van der Waals surface area (Å²) in [4.78, 5) is 4.92. The van der Waals surface area contributed by atoms with Crippen molar-refractivity contribution in [3.8, 4) is 0 Å². The van der Waals surface area contributed by atoms with E-state index < -0.39 is 0 Å². The van der Waals surface area contributed by atoms with Gasteiger partial charge < -0.3 is 14.4 Å². The van der Waals surface area contributed by atoms with Crippen LogP contribution in [0.1, 0.15) is 0 Å². The van der Waals surface area contributed by atoms with Crippen molar-refractivity contribution in [2.75, 3.05) is 63.7 Å². The van der Waals surface area contributed by atoms with Crippen LogP contribution in [0.3, 0.4) is 0 Å². The molecule has 20 heavy (non-hydrogen) atoms. The molecule has 2 aliphatic rings. The van der Waals surface area contributed by atoms with Gasteiger partial charge in [0.1, 0.15) is 0 Å². The van der Waals surface area contributed by atoms with E-state index in [1.807, 2.05) is 23.1 Å². The van der Waals surface area contributed by atoms with Gasteiger partial charge in [-0.05, 0) is 12.3 Å². The Morgan fingerprint density at radius 3 is 2.90 bits per heavy atom. The molecular formula is C14H22N2O2S2. The summed E-state index contributed by atoms with van der Waals surface area (Å²) in [6.07, 6.45) is 2.45. The molecule has 1 aromatic heterocycles. The fourth-order valence-electron chi connectivity index (χ4n) is 2.72. The van der Waals surface area contributed by atoms with E-state index in [4.69, 9.17) is 9.47 Å². The number of thioether (sulfide) groups is 1. The Balaban J connectivity index is 1.55. The Bertz CT molecular complexity index is 421. The van der Waals surface area contributed by atoms with Gasteiger partial charge >= 0.3 is 0 Å². The van der Waals surface area contributed by atoms with Crippen molar-refractivity contribution in [1.82, 2.24) is 4.90 Å². The Hall–Kier alpha value is -0.270. The van der Waals surface area contributed by atoms with Crippen LogP contribution in [0, 0.1) is 0 Å². The van der Waals surface area contributed by atoms with Crippen LogP contribution in [0.5, 0.6) is 0 Å². The second-order valence-electron chi connectivity index (χ2n) is 5.18. The quantitative estimate of drug-likeness (QED) is 0.792. The molecule has 0 saturated carbocycles. The molecule has 0 spiro atoms. The van der Waals surface area contributed by atoms with Crippen LogP contribution in [-0.2, 0) is 9.47 Å².